The summed E-state index contributed by atoms with van der Waals surface area (Å²) in [7, 11) is 3.07. The number of imide groups is 1. The van der Waals surface area contributed by atoms with Crippen LogP contribution in [0.2, 0.25) is 0 Å². The van der Waals surface area contributed by atoms with Crippen LogP contribution in [0.5, 0.6) is 0 Å². The van der Waals surface area contributed by atoms with E-state index >= 15 is 0 Å². The van der Waals surface area contributed by atoms with Crippen molar-refractivity contribution in [1.29, 1.82) is 0 Å². The van der Waals surface area contributed by atoms with Crippen LogP contribution >= 0.6 is 0 Å². The van der Waals surface area contributed by atoms with Crippen molar-refractivity contribution < 1.29 is 57.7 Å². The molecule has 7 N–H and O–H groups in total. The van der Waals surface area contributed by atoms with E-state index in [4.69, 9.17) is 15.2 Å². The highest BCUT2D eigenvalue weighted by Crippen LogP contribution is 2.64. The van der Waals surface area contributed by atoms with Gasteiger partial charge in [-0.1, -0.05) is 51.0 Å². The Kier molecular flexibility index (Phi) is 17.9. The smallest absolute Gasteiger partial charge is 0.410 e. The second-order valence-electron chi connectivity index (χ2n) is 19.1. The minimum Gasteiger partial charge on any atom is -0.445 e. The largest absolute Gasteiger partial charge is 0.445 e. The van der Waals surface area contributed by atoms with Crippen LogP contribution in [0.1, 0.15) is 91.5 Å². The molecule has 1 heterocycles. The molecule has 1 saturated carbocycles. The van der Waals surface area contributed by atoms with E-state index in [0.717, 1.165) is 23.3 Å². The maximum absolute atomic E-state index is 13.6. The topological polar surface area (TPSA) is 276 Å². The monoisotopic (exact) mass is 960 g/mol. The Balaban J connectivity index is 1.08. The first-order chi connectivity index (χ1) is 32.6. The Morgan fingerprint density at radius 1 is 0.899 bits per heavy atom. The van der Waals surface area contributed by atoms with Crippen molar-refractivity contribution in [2.24, 2.45) is 28.4 Å². The zero-order valence-corrected chi connectivity index (χ0v) is 40.7. The number of amides is 9. The number of urea groups is 1. The predicted octanol–water partition coefficient (Wildman–Crippen LogP) is 3.44. The third kappa shape index (κ3) is 13.2. The van der Waals surface area contributed by atoms with Gasteiger partial charge in [-0.2, -0.15) is 0 Å². The fourth-order valence-corrected chi connectivity index (χ4v) is 8.95. The normalized spacial score (nSPS) is 20.8. The van der Waals surface area contributed by atoms with Gasteiger partial charge in [0.05, 0.1) is 12.0 Å². The van der Waals surface area contributed by atoms with Gasteiger partial charge in [0.25, 0.3) is 11.8 Å². The van der Waals surface area contributed by atoms with E-state index in [9.17, 15) is 48.3 Å². The van der Waals surface area contributed by atoms with Crippen molar-refractivity contribution in [3.63, 3.8) is 0 Å². The number of aliphatic hydroxyl groups excluding tert-OH is 1. The summed E-state index contributed by atoms with van der Waals surface area (Å²) in [5.41, 5.74) is 7.22. The molecular formula is C49H68N8O12. The van der Waals surface area contributed by atoms with Crippen molar-refractivity contribution in [2.75, 3.05) is 52.2 Å². The summed E-state index contributed by atoms with van der Waals surface area (Å²) >= 11 is 0. The van der Waals surface area contributed by atoms with Crippen LogP contribution < -0.4 is 27.0 Å². The maximum Gasteiger partial charge on any atom is 0.410 e. The lowest BCUT2D eigenvalue weighted by molar-refractivity contribution is -0.137. The Labute approximate surface area is 402 Å². The summed E-state index contributed by atoms with van der Waals surface area (Å²) in [6, 6.07) is 3.73. The van der Waals surface area contributed by atoms with Crippen molar-refractivity contribution >= 4 is 59.2 Å². The molecule has 0 radical (unpaired) electrons. The molecule has 20 nitrogen and oxygen atoms in total. The van der Waals surface area contributed by atoms with E-state index in [1.807, 2.05) is 13.8 Å². The molecule has 1 aromatic carbocycles. The highest BCUT2D eigenvalue weighted by Gasteiger charge is 2.60. The fraction of sp³-hybridized carbons (Fsp3) is 0.571. The van der Waals surface area contributed by atoms with E-state index in [0.29, 0.717) is 41.7 Å². The molecule has 0 aromatic heterocycles. The number of anilines is 1. The molecule has 5 atom stereocenters. The van der Waals surface area contributed by atoms with Gasteiger partial charge >= 0.3 is 18.2 Å². The highest BCUT2D eigenvalue weighted by atomic mass is 16.6. The number of nitrogens with zero attached hydrogens (tertiary/aromatic N) is 3. The van der Waals surface area contributed by atoms with Gasteiger partial charge in [0.2, 0.25) is 17.7 Å². The van der Waals surface area contributed by atoms with E-state index in [2.05, 4.69) is 21.3 Å². The Hall–Kier alpha value is -6.57. The number of ether oxygens (including phenoxy) is 2. The zero-order chi connectivity index (χ0) is 50.8. The molecule has 1 aliphatic heterocycles. The lowest BCUT2D eigenvalue weighted by atomic mass is 9.70. The number of fused-ring (bicyclic) bond motifs is 1. The number of benzene rings is 1. The highest BCUT2D eigenvalue weighted by molar-refractivity contribution is 6.12. The number of primary amides is 1. The minimum absolute atomic E-state index is 0.00859. The summed E-state index contributed by atoms with van der Waals surface area (Å²) in [5.74, 6) is -2.74. The van der Waals surface area contributed by atoms with Crippen LogP contribution in [0.4, 0.5) is 20.1 Å². The van der Waals surface area contributed by atoms with Gasteiger partial charge in [-0.05, 0) is 76.0 Å². The second kappa shape index (κ2) is 23.2. The fourth-order valence-electron chi connectivity index (χ4n) is 8.95. The predicted molar refractivity (Wildman–Crippen MR) is 252 cm³/mol. The Morgan fingerprint density at radius 3 is 2.13 bits per heavy atom. The van der Waals surface area contributed by atoms with Crippen LogP contribution in [0.15, 0.2) is 59.2 Å². The summed E-state index contributed by atoms with van der Waals surface area (Å²) in [4.78, 5) is 118. The number of allylic oxidation sites excluding steroid dienone is 1. The van der Waals surface area contributed by atoms with Crippen LogP contribution in [0.3, 0.4) is 0 Å². The number of carbonyl (C=O) groups is 9. The SMILES string of the molecule is CC1=C2C(=CC(C)(CO)C2OC(=O)N(C)CCN(C)C(=O)OCc2ccc(NC(=O)[C@H](CCCNC(N)=O)NC(=O)[C@@H](NC(=O)CCCCCN3C(=O)C=CC3=O)C(C)C)cc2)C(=O)[C@@H](C)C12CC2. The number of unbranched alkanes of at least 4 members (excludes halogenated alkanes) is 2. The molecule has 2 unspecified atom stereocenters. The first-order valence-corrected chi connectivity index (χ1v) is 23.6. The number of hydrogen-bond acceptors (Lipinski definition) is 12. The standard InChI is InChI=1S/C49H68N8O12/c1-29(2)40(54-36(59)13-9-8-10-23-57-37(60)18-19-38(57)61)44(64)53-35(12-11-22-51-45(50)65)43(63)52-33-16-14-32(15-17-33)27-68-46(66)55(6)24-25-56(7)47(67)69-42-39-30(3)49(20-21-49)31(4)41(62)34(39)26-48(42,5)28-58/h14-19,26,29,31,35,40,42,58H,8-13,20-25,27-28H2,1-7H3,(H,52,63)(H,53,64)(H,54,59)(H3,50,51,65)/t31-,35+,40+,42?,48?/m1/s1. The Morgan fingerprint density at radius 2 is 1.54 bits per heavy atom. The minimum atomic E-state index is -1.07. The third-order valence-corrected chi connectivity index (χ3v) is 13.6. The molecular weight excluding hydrogens is 893 g/mol. The third-order valence-electron chi connectivity index (χ3n) is 13.6. The second-order valence-corrected chi connectivity index (χ2v) is 19.1. The average Bonchev–Trinajstić information content (AvgIpc) is 3.99. The van der Waals surface area contributed by atoms with Gasteiger partial charge in [0.15, 0.2) is 5.78 Å². The summed E-state index contributed by atoms with van der Waals surface area (Å²) in [6.07, 6.45) is 5.89. The van der Waals surface area contributed by atoms with Crippen molar-refractivity contribution in [1.82, 2.24) is 30.7 Å². The maximum atomic E-state index is 13.6. The van der Waals surface area contributed by atoms with Crippen molar-refractivity contribution in [3.8, 4) is 0 Å². The average molecular weight is 961 g/mol. The van der Waals surface area contributed by atoms with E-state index in [1.54, 1.807) is 51.1 Å². The van der Waals surface area contributed by atoms with Crippen molar-refractivity contribution in [2.45, 2.75) is 111 Å². The molecule has 0 bridgehead atoms. The van der Waals surface area contributed by atoms with Crippen LogP contribution in [-0.4, -0.2) is 138 Å². The summed E-state index contributed by atoms with van der Waals surface area (Å²) in [6.45, 7) is 9.39. The van der Waals surface area contributed by atoms with Crippen LogP contribution in [-0.2, 0) is 44.8 Å². The van der Waals surface area contributed by atoms with Crippen LogP contribution in [0.25, 0.3) is 0 Å². The van der Waals surface area contributed by atoms with Crippen molar-refractivity contribution in [3.05, 3.63) is 64.8 Å². The quantitative estimate of drug-likeness (QED) is 0.0680. The molecule has 9 amide bonds. The summed E-state index contributed by atoms with van der Waals surface area (Å²) < 4.78 is 11.5. The molecule has 3 aliphatic carbocycles. The molecule has 1 aromatic rings. The first kappa shape index (κ1) is 53.4. The van der Waals surface area contributed by atoms with E-state index in [1.165, 1.54) is 36.0 Å². The molecule has 1 fully saturated rings. The van der Waals surface area contributed by atoms with Gasteiger partial charge in [0, 0.05) is 87.0 Å². The van der Waals surface area contributed by atoms with Gasteiger partial charge in [0.1, 0.15) is 24.8 Å². The molecule has 5 rings (SSSR count). The number of nitrogens with one attached hydrogen (secondary N) is 4. The number of nitrogens with two attached hydrogens (primary N) is 1. The first-order valence-electron chi connectivity index (χ1n) is 23.6. The van der Waals surface area contributed by atoms with Gasteiger partial charge in [-0.25, -0.2) is 14.4 Å². The molecule has 1 spiro atoms. The molecule has 69 heavy (non-hydrogen) atoms. The van der Waals surface area contributed by atoms with Gasteiger partial charge in [-0.15, -0.1) is 0 Å². The number of hydrogen-bond donors (Lipinski definition) is 6. The molecule has 376 valence electrons. The summed E-state index contributed by atoms with van der Waals surface area (Å²) in [5, 5.41) is 21.1. The number of likely N-dealkylation sites (N-methyl/N-ethyl adjacent to an activating group) is 2. The number of rotatable bonds is 23. The number of ketones is 1. The number of Topliss-reactive ketones (excluding diaryl/α,β-unsaturated/α-hetero) is 1. The number of carbonyl (C=O) groups excluding carboxylic acids is 9. The lowest BCUT2D eigenvalue weighted by Crippen LogP contribution is -2.54. The van der Waals surface area contributed by atoms with Gasteiger partial charge < -0.3 is 51.4 Å². The molecule has 0 saturated heterocycles. The molecule has 4 aliphatic rings. The van der Waals surface area contributed by atoms with Gasteiger partial charge in [-0.3, -0.25) is 33.7 Å². The lowest BCUT2D eigenvalue weighted by Gasteiger charge is -2.36. The van der Waals surface area contributed by atoms with E-state index < -0.39 is 53.6 Å². The zero-order valence-electron chi connectivity index (χ0n) is 40.7. The van der Waals surface area contributed by atoms with Crippen LogP contribution in [0, 0.1) is 22.7 Å². The number of aliphatic hydroxyl groups is 1. The molecule has 20 heteroatoms. The van der Waals surface area contributed by atoms with E-state index in [-0.39, 0.29) is 99.4 Å². The Bertz CT molecular complexity index is 2230.